The molecule has 0 spiro atoms. The van der Waals surface area contributed by atoms with Gasteiger partial charge in [0.1, 0.15) is 11.6 Å². The summed E-state index contributed by atoms with van der Waals surface area (Å²) in [5, 5.41) is 23.1. The zero-order valence-electron chi connectivity index (χ0n) is 14.5. The van der Waals surface area contributed by atoms with E-state index in [1.54, 1.807) is 20.8 Å². The summed E-state index contributed by atoms with van der Waals surface area (Å²) in [6.07, 6.45) is -1.73. The molecule has 0 aromatic rings. The van der Waals surface area contributed by atoms with Gasteiger partial charge in [0.25, 0.3) is 0 Å². The summed E-state index contributed by atoms with van der Waals surface area (Å²) in [6.45, 7) is 10.1. The molecule has 23 heavy (non-hydrogen) atoms. The van der Waals surface area contributed by atoms with E-state index in [0.717, 1.165) is 0 Å². The van der Waals surface area contributed by atoms with Crippen LogP contribution in [0.4, 0.5) is 4.79 Å². The number of hydrogen-bond donors (Lipinski definition) is 4. The largest absolute Gasteiger partial charge is 0.480 e. The van der Waals surface area contributed by atoms with Crippen LogP contribution in [0.5, 0.6) is 0 Å². The minimum atomic E-state index is -1.45. The summed E-state index contributed by atoms with van der Waals surface area (Å²) in [5.74, 6) is -1.96. The number of nitrogens with one attached hydrogen (secondary N) is 2. The number of ether oxygens (including phenoxy) is 1. The number of hydrogen-bond acceptors (Lipinski definition) is 5. The van der Waals surface area contributed by atoms with Crippen molar-refractivity contribution in [1.82, 2.24) is 10.6 Å². The highest BCUT2D eigenvalue weighted by Gasteiger charge is 2.30. The summed E-state index contributed by atoms with van der Waals surface area (Å²) >= 11 is 0. The normalized spacial score (nSPS) is 15.5. The molecule has 0 radical (unpaired) electrons. The highest BCUT2D eigenvalue weighted by atomic mass is 16.6. The molecule has 0 aromatic heterocycles. The Morgan fingerprint density at radius 3 is 1.96 bits per heavy atom. The molecule has 0 rings (SSSR count). The number of carboxylic acid groups (broad SMARTS) is 1. The Morgan fingerprint density at radius 2 is 1.61 bits per heavy atom. The zero-order valence-corrected chi connectivity index (χ0v) is 14.5. The maximum Gasteiger partial charge on any atom is 0.408 e. The van der Waals surface area contributed by atoms with E-state index in [9.17, 15) is 19.5 Å². The summed E-state index contributed by atoms with van der Waals surface area (Å²) in [6, 6.07) is -2.40. The monoisotopic (exact) mass is 332 g/mol. The lowest BCUT2D eigenvalue weighted by Gasteiger charge is -2.25. The van der Waals surface area contributed by atoms with E-state index >= 15 is 0 Å². The van der Waals surface area contributed by atoms with E-state index in [1.807, 2.05) is 13.8 Å². The van der Waals surface area contributed by atoms with Crippen LogP contribution in [0.15, 0.2) is 0 Å². The SMILES string of the molecule is CC(C)C[C@@H](NC(=O)OC(C)(C)C)C(=O)N[C@H](C(=O)O)[C@@H](C)O. The van der Waals surface area contributed by atoms with Gasteiger partial charge < -0.3 is 25.6 Å². The van der Waals surface area contributed by atoms with Gasteiger partial charge in [-0.3, -0.25) is 4.79 Å². The molecule has 8 heteroatoms. The van der Waals surface area contributed by atoms with Crippen LogP contribution in [0.3, 0.4) is 0 Å². The second kappa shape index (κ2) is 8.71. The van der Waals surface area contributed by atoms with Crippen molar-refractivity contribution in [1.29, 1.82) is 0 Å². The van der Waals surface area contributed by atoms with Gasteiger partial charge in [-0.05, 0) is 40.0 Å². The molecule has 134 valence electrons. The Bertz CT molecular complexity index is 428. The molecule has 0 aliphatic heterocycles. The van der Waals surface area contributed by atoms with Crippen LogP contribution in [0.2, 0.25) is 0 Å². The van der Waals surface area contributed by atoms with Crippen molar-refractivity contribution in [2.75, 3.05) is 0 Å². The zero-order chi connectivity index (χ0) is 18.4. The van der Waals surface area contributed by atoms with Gasteiger partial charge in [0.05, 0.1) is 6.10 Å². The van der Waals surface area contributed by atoms with Gasteiger partial charge in [-0.1, -0.05) is 13.8 Å². The lowest BCUT2D eigenvalue weighted by atomic mass is 10.0. The van der Waals surface area contributed by atoms with Crippen molar-refractivity contribution >= 4 is 18.0 Å². The van der Waals surface area contributed by atoms with Crippen LogP contribution in [0, 0.1) is 5.92 Å². The summed E-state index contributed by atoms with van der Waals surface area (Å²) in [4.78, 5) is 35.1. The maximum absolute atomic E-state index is 12.2. The van der Waals surface area contributed by atoms with Gasteiger partial charge >= 0.3 is 12.1 Å². The minimum absolute atomic E-state index is 0.0792. The summed E-state index contributed by atoms with van der Waals surface area (Å²) in [7, 11) is 0. The third-order valence-corrected chi connectivity index (χ3v) is 2.76. The summed E-state index contributed by atoms with van der Waals surface area (Å²) in [5.41, 5.74) is -0.716. The third kappa shape index (κ3) is 9.02. The van der Waals surface area contributed by atoms with E-state index in [4.69, 9.17) is 9.84 Å². The highest BCUT2D eigenvalue weighted by molar-refractivity contribution is 5.89. The lowest BCUT2D eigenvalue weighted by Crippen LogP contribution is -2.55. The third-order valence-electron chi connectivity index (χ3n) is 2.76. The van der Waals surface area contributed by atoms with Crippen molar-refractivity contribution in [2.24, 2.45) is 5.92 Å². The molecule has 0 saturated carbocycles. The van der Waals surface area contributed by atoms with Crippen molar-refractivity contribution < 1.29 is 29.3 Å². The van der Waals surface area contributed by atoms with E-state index < -0.39 is 41.8 Å². The first-order valence-electron chi connectivity index (χ1n) is 7.54. The van der Waals surface area contributed by atoms with Crippen LogP contribution in [0.1, 0.15) is 48.0 Å². The van der Waals surface area contributed by atoms with Gasteiger partial charge in [-0.15, -0.1) is 0 Å². The van der Waals surface area contributed by atoms with Gasteiger partial charge in [-0.25, -0.2) is 9.59 Å². The predicted octanol–water partition coefficient (Wildman–Crippen LogP) is 0.876. The number of alkyl carbamates (subject to hydrolysis) is 1. The molecule has 0 fully saturated rings. The standard InChI is InChI=1S/C15H28N2O6/c1-8(2)7-10(16-14(22)23-15(4,5)6)12(19)17-11(9(3)18)13(20)21/h8-11,18H,7H2,1-6H3,(H,16,22)(H,17,19)(H,20,21)/t9-,10-,11+/m1/s1. The molecule has 4 N–H and O–H groups in total. The van der Waals surface area contributed by atoms with Crippen LogP contribution >= 0.6 is 0 Å². The lowest BCUT2D eigenvalue weighted by molar-refractivity contribution is -0.145. The Kier molecular flexibility index (Phi) is 8.02. The van der Waals surface area contributed by atoms with Crippen LogP contribution < -0.4 is 10.6 Å². The van der Waals surface area contributed by atoms with Crippen LogP contribution in [-0.4, -0.2) is 52.0 Å². The number of carbonyl (C=O) groups is 3. The van der Waals surface area contributed by atoms with E-state index in [2.05, 4.69) is 10.6 Å². The molecule has 0 aliphatic carbocycles. The molecule has 0 bridgehead atoms. The molecule has 0 saturated heterocycles. The topological polar surface area (TPSA) is 125 Å². The molecule has 3 atom stereocenters. The van der Waals surface area contributed by atoms with Gasteiger partial charge in [0.15, 0.2) is 6.04 Å². The first kappa shape index (κ1) is 21.2. The molecule has 0 heterocycles. The Balaban J connectivity index is 4.98. The highest BCUT2D eigenvalue weighted by Crippen LogP contribution is 2.10. The second-order valence-electron chi connectivity index (χ2n) is 6.89. The second-order valence-corrected chi connectivity index (χ2v) is 6.89. The van der Waals surface area contributed by atoms with Crippen molar-refractivity contribution in [3.63, 3.8) is 0 Å². The van der Waals surface area contributed by atoms with E-state index in [0.29, 0.717) is 6.42 Å². The molecule has 0 aliphatic rings. The molecule has 8 nitrogen and oxygen atoms in total. The predicted molar refractivity (Wildman–Crippen MR) is 83.9 cm³/mol. The molecule has 0 unspecified atom stereocenters. The Morgan fingerprint density at radius 1 is 1.09 bits per heavy atom. The molecular weight excluding hydrogens is 304 g/mol. The number of aliphatic hydroxyl groups excluding tert-OH is 1. The number of amides is 2. The fourth-order valence-corrected chi connectivity index (χ4v) is 1.80. The number of carbonyl (C=O) groups excluding carboxylic acids is 2. The number of rotatable bonds is 7. The fraction of sp³-hybridized carbons (Fsp3) is 0.800. The average Bonchev–Trinajstić information content (AvgIpc) is 2.30. The van der Waals surface area contributed by atoms with Gasteiger partial charge in [0, 0.05) is 0 Å². The first-order chi connectivity index (χ1) is 10.3. The fourth-order valence-electron chi connectivity index (χ4n) is 1.80. The van der Waals surface area contributed by atoms with Crippen molar-refractivity contribution in [2.45, 2.75) is 71.8 Å². The molecular formula is C15H28N2O6. The molecule has 2 amide bonds. The van der Waals surface area contributed by atoms with Crippen molar-refractivity contribution in [3.8, 4) is 0 Å². The van der Waals surface area contributed by atoms with E-state index in [1.165, 1.54) is 6.92 Å². The van der Waals surface area contributed by atoms with Gasteiger partial charge in [0.2, 0.25) is 5.91 Å². The smallest absolute Gasteiger partial charge is 0.408 e. The van der Waals surface area contributed by atoms with Crippen LogP contribution in [-0.2, 0) is 14.3 Å². The number of carboxylic acids is 1. The minimum Gasteiger partial charge on any atom is -0.480 e. The molecule has 0 aromatic carbocycles. The van der Waals surface area contributed by atoms with E-state index in [-0.39, 0.29) is 5.92 Å². The Labute approximate surface area is 136 Å². The Hall–Kier alpha value is -1.83. The quantitative estimate of drug-likeness (QED) is 0.548. The number of aliphatic carboxylic acids is 1. The van der Waals surface area contributed by atoms with Gasteiger partial charge in [-0.2, -0.15) is 0 Å². The number of aliphatic hydroxyl groups is 1. The first-order valence-corrected chi connectivity index (χ1v) is 7.54. The average molecular weight is 332 g/mol. The van der Waals surface area contributed by atoms with Crippen molar-refractivity contribution in [3.05, 3.63) is 0 Å². The van der Waals surface area contributed by atoms with Crippen LogP contribution in [0.25, 0.3) is 0 Å². The summed E-state index contributed by atoms with van der Waals surface area (Å²) < 4.78 is 5.10. The maximum atomic E-state index is 12.2.